The number of benzene rings is 4. The molecule has 37 heavy (non-hydrogen) atoms. The van der Waals surface area contributed by atoms with E-state index in [4.69, 9.17) is 26.2 Å². The maximum Gasteiger partial charge on any atom is 0.335 e. The molecule has 0 aliphatic heterocycles. The van der Waals surface area contributed by atoms with Gasteiger partial charge < -0.3 is 14.6 Å². The Kier molecular flexibility index (Phi) is 7.10. The van der Waals surface area contributed by atoms with Crippen LogP contribution in [0.5, 0.6) is 11.6 Å². The van der Waals surface area contributed by atoms with E-state index in [1.165, 1.54) is 10.8 Å². The molecule has 0 atom stereocenters. The monoisotopic (exact) mass is 512 g/mol. The average Bonchev–Trinajstić information content (AvgIpc) is 3.32. The van der Waals surface area contributed by atoms with Crippen molar-refractivity contribution in [2.45, 2.75) is 13.5 Å². The minimum atomic E-state index is -0.965. The number of nitrogens with zero attached hydrogens (tertiary/aromatic N) is 2. The number of aromatic nitrogens is 2. The average molecular weight is 513 g/mol. The van der Waals surface area contributed by atoms with Crippen molar-refractivity contribution in [1.82, 2.24) is 9.78 Å². The zero-order valence-electron chi connectivity index (χ0n) is 20.2. The van der Waals surface area contributed by atoms with Crippen molar-refractivity contribution in [2.75, 3.05) is 13.2 Å². The van der Waals surface area contributed by atoms with Gasteiger partial charge in [-0.25, -0.2) is 9.48 Å². The van der Waals surface area contributed by atoms with Crippen LogP contribution in [-0.2, 0) is 6.54 Å². The molecule has 1 aromatic heterocycles. The van der Waals surface area contributed by atoms with Gasteiger partial charge in [-0.1, -0.05) is 66.2 Å². The first-order chi connectivity index (χ1) is 18.0. The molecular formula is C30H25ClN2O4. The van der Waals surface area contributed by atoms with E-state index in [9.17, 15) is 4.79 Å². The molecule has 0 radical (unpaired) electrons. The van der Waals surface area contributed by atoms with Gasteiger partial charge in [0.1, 0.15) is 12.4 Å². The Morgan fingerprint density at radius 2 is 1.57 bits per heavy atom. The predicted octanol–water partition coefficient (Wildman–Crippen LogP) is 7.20. The lowest BCUT2D eigenvalue weighted by molar-refractivity contribution is 0.0697. The maximum atomic E-state index is 11.1. The number of carbonyl (C=O) groups is 1. The fraction of sp³-hybridized carbons (Fsp3) is 0.133. The van der Waals surface area contributed by atoms with Gasteiger partial charge in [-0.2, -0.15) is 5.10 Å². The third kappa shape index (κ3) is 5.44. The van der Waals surface area contributed by atoms with Gasteiger partial charge in [0.25, 0.3) is 0 Å². The molecule has 0 bridgehead atoms. The number of fused-ring (bicyclic) bond motifs is 1. The summed E-state index contributed by atoms with van der Waals surface area (Å²) in [6.45, 7) is 3.19. The minimum absolute atomic E-state index is 0.227. The number of aromatic carboxylic acids is 1. The smallest absolute Gasteiger partial charge is 0.335 e. The van der Waals surface area contributed by atoms with Crippen molar-refractivity contribution in [3.8, 4) is 34.0 Å². The van der Waals surface area contributed by atoms with Gasteiger partial charge in [-0.15, -0.1) is 0 Å². The lowest BCUT2D eigenvalue weighted by atomic mass is 10.0. The molecule has 0 aliphatic carbocycles. The maximum absolute atomic E-state index is 11.1. The number of rotatable bonds is 9. The Balaban J connectivity index is 1.28. The van der Waals surface area contributed by atoms with Gasteiger partial charge in [0.15, 0.2) is 0 Å². The highest BCUT2D eigenvalue weighted by atomic mass is 35.5. The molecule has 7 heteroatoms. The number of hydrogen-bond acceptors (Lipinski definition) is 4. The van der Waals surface area contributed by atoms with Gasteiger partial charge >= 0.3 is 5.97 Å². The fourth-order valence-corrected chi connectivity index (χ4v) is 4.39. The molecule has 0 spiro atoms. The topological polar surface area (TPSA) is 73.6 Å². The number of ether oxygens (including phenoxy) is 2. The van der Waals surface area contributed by atoms with Crippen molar-refractivity contribution in [3.63, 3.8) is 0 Å². The molecule has 1 N–H and O–H groups in total. The van der Waals surface area contributed by atoms with Crippen LogP contribution in [0.2, 0.25) is 5.02 Å². The first-order valence-electron chi connectivity index (χ1n) is 12.0. The van der Waals surface area contributed by atoms with Crippen LogP contribution in [0.3, 0.4) is 0 Å². The second kappa shape index (κ2) is 10.8. The highest BCUT2D eigenvalue weighted by Crippen LogP contribution is 2.32. The van der Waals surface area contributed by atoms with Gasteiger partial charge in [0.2, 0.25) is 5.88 Å². The summed E-state index contributed by atoms with van der Waals surface area (Å²) in [6.07, 6.45) is 0. The third-order valence-corrected chi connectivity index (χ3v) is 6.33. The largest absolute Gasteiger partial charge is 0.490 e. The van der Waals surface area contributed by atoms with Crippen molar-refractivity contribution >= 4 is 28.3 Å². The van der Waals surface area contributed by atoms with E-state index < -0.39 is 5.97 Å². The molecule has 1 heterocycles. The van der Waals surface area contributed by atoms with Crippen LogP contribution in [0.1, 0.15) is 17.3 Å². The molecule has 0 fully saturated rings. The van der Waals surface area contributed by atoms with E-state index in [1.807, 2.05) is 43.3 Å². The van der Waals surface area contributed by atoms with Gasteiger partial charge in [0, 0.05) is 11.6 Å². The van der Waals surface area contributed by atoms with Crippen LogP contribution >= 0.6 is 11.6 Å². The number of carboxylic acids is 1. The van der Waals surface area contributed by atoms with Crippen LogP contribution in [0.4, 0.5) is 0 Å². The first-order valence-corrected chi connectivity index (χ1v) is 12.4. The summed E-state index contributed by atoms with van der Waals surface area (Å²) >= 11 is 6.57. The van der Waals surface area contributed by atoms with Gasteiger partial charge in [0.05, 0.1) is 29.4 Å². The fourth-order valence-electron chi connectivity index (χ4n) is 4.16. The molecule has 0 saturated heterocycles. The molecule has 5 rings (SSSR count). The Labute approximate surface area is 219 Å². The lowest BCUT2D eigenvalue weighted by Crippen LogP contribution is -2.11. The molecule has 0 amide bonds. The summed E-state index contributed by atoms with van der Waals surface area (Å²) in [7, 11) is 0. The normalized spacial score (nSPS) is 11.0. The summed E-state index contributed by atoms with van der Waals surface area (Å²) in [6, 6.07) is 28.8. The predicted molar refractivity (Wildman–Crippen MR) is 146 cm³/mol. The van der Waals surface area contributed by atoms with Gasteiger partial charge in [-0.05, 0) is 59.2 Å². The third-order valence-electron chi connectivity index (χ3n) is 6.04. The van der Waals surface area contributed by atoms with Crippen LogP contribution in [0, 0.1) is 0 Å². The zero-order valence-corrected chi connectivity index (χ0v) is 21.0. The number of carboxylic acid groups (broad SMARTS) is 1. The van der Waals surface area contributed by atoms with E-state index >= 15 is 0 Å². The first kappa shape index (κ1) is 24.4. The van der Waals surface area contributed by atoms with E-state index in [1.54, 1.807) is 28.9 Å². The summed E-state index contributed by atoms with van der Waals surface area (Å²) < 4.78 is 13.5. The Bertz CT molecular complexity index is 1560. The van der Waals surface area contributed by atoms with Crippen molar-refractivity contribution in [2.24, 2.45) is 0 Å². The standard InChI is InChI=1S/C30H25ClN2O4/c1-2-36-29-19-27(21-8-10-22(11-9-21)30(34)35)32-33(29)15-16-37-28-14-13-25(18-26(28)31)24-12-7-20-5-3-4-6-23(20)17-24/h3-14,17-19H,2,15-16H2,1H3,(H,34,35). The minimum Gasteiger partial charge on any atom is -0.490 e. The van der Waals surface area contributed by atoms with Gasteiger partial charge in [-0.3, -0.25) is 0 Å². The molecule has 186 valence electrons. The van der Waals surface area contributed by atoms with Crippen molar-refractivity contribution in [1.29, 1.82) is 0 Å². The second-order valence-corrected chi connectivity index (χ2v) is 8.87. The zero-order chi connectivity index (χ0) is 25.8. The lowest BCUT2D eigenvalue weighted by Gasteiger charge is -2.12. The molecule has 6 nitrogen and oxygen atoms in total. The highest BCUT2D eigenvalue weighted by Gasteiger charge is 2.13. The van der Waals surface area contributed by atoms with Crippen LogP contribution in [0.25, 0.3) is 33.2 Å². The quantitative estimate of drug-likeness (QED) is 0.226. The van der Waals surface area contributed by atoms with E-state index in [0.29, 0.717) is 42.1 Å². The Hall–Kier alpha value is -4.29. The second-order valence-electron chi connectivity index (χ2n) is 8.46. The van der Waals surface area contributed by atoms with E-state index in [2.05, 4.69) is 35.4 Å². The molecule has 5 aromatic rings. The summed E-state index contributed by atoms with van der Waals surface area (Å²) in [4.78, 5) is 11.1. The van der Waals surface area contributed by atoms with Crippen molar-refractivity contribution in [3.05, 3.63) is 102 Å². The van der Waals surface area contributed by atoms with E-state index in [0.717, 1.165) is 16.7 Å². The van der Waals surface area contributed by atoms with Crippen molar-refractivity contribution < 1.29 is 19.4 Å². The molecule has 0 saturated carbocycles. The highest BCUT2D eigenvalue weighted by molar-refractivity contribution is 6.32. The summed E-state index contributed by atoms with van der Waals surface area (Å²) in [5.41, 5.74) is 3.84. The molecule has 4 aromatic carbocycles. The van der Waals surface area contributed by atoms with E-state index in [-0.39, 0.29) is 5.56 Å². The van der Waals surface area contributed by atoms with Crippen LogP contribution < -0.4 is 9.47 Å². The molecule has 0 unspecified atom stereocenters. The Morgan fingerprint density at radius 1 is 0.865 bits per heavy atom. The van der Waals surface area contributed by atoms with Crippen LogP contribution in [0.15, 0.2) is 91.0 Å². The van der Waals surface area contributed by atoms with Crippen LogP contribution in [-0.4, -0.2) is 34.1 Å². The number of hydrogen-bond donors (Lipinski definition) is 1. The molecular weight excluding hydrogens is 488 g/mol. The number of halogens is 1. The molecule has 0 aliphatic rings. The SMILES string of the molecule is CCOc1cc(-c2ccc(C(=O)O)cc2)nn1CCOc1ccc(-c2ccc3ccccc3c2)cc1Cl. The Morgan fingerprint density at radius 3 is 2.30 bits per heavy atom. The summed E-state index contributed by atoms with van der Waals surface area (Å²) in [5.74, 6) is 0.246. The summed E-state index contributed by atoms with van der Waals surface area (Å²) in [5, 5.41) is 16.7.